The Labute approximate surface area is 211 Å². The molecule has 1 saturated heterocycles. The predicted octanol–water partition coefficient (Wildman–Crippen LogP) is 5.18. The third-order valence-corrected chi connectivity index (χ3v) is 8.25. The van der Waals surface area contributed by atoms with E-state index in [4.69, 9.17) is 10.4 Å². The van der Waals surface area contributed by atoms with E-state index < -0.39 is 0 Å². The monoisotopic (exact) mass is 482 g/mol. The number of nitrogens with one attached hydrogen (secondary N) is 4. The largest absolute Gasteiger partial charge is 0.373 e. The summed E-state index contributed by atoms with van der Waals surface area (Å²) >= 11 is 0. The normalized spacial score (nSPS) is 21.6. The molecule has 0 unspecified atom stereocenters. The molecule has 1 aromatic heterocycles. The first-order valence-electron chi connectivity index (χ1n) is 14.2. The number of anilines is 2. The second kappa shape index (κ2) is 13.2. The zero-order chi connectivity index (χ0) is 24.5. The molecule has 0 radical (unpaired) electrons. The maximum Gasteiger partial charge on any atom is 0.270 e. The van der Waals surface area contributed by atoms with E-state index in [1.54, 1.807) is 7.05 Å². The quantitative estimate of drug-likeness (QED) is 0.383. The summed E-state index contributed by atoms with van der Waals surface area (Å²) in [6, 6.07) is 4.38. The van der Waals surface area contributed by atoms with Crippen molar-refractivity contribution >= 4 is 23.3 Å². The van der Waals surface area contributed by atoms with Crippen LogP contribution in [0.3, 0.4) is 0 Å². The van der Waals surface area contributed by atoms with Gasteiger partial charge in [-0.2, -0.15) is 0 Å². The zero-order valence-electron chi connectivity index (χ0n) is 21.7. The molecule has 0 bridgehead atoms. The maximum absolute atomic E-state index is 12.9. The molecule has 194 valence electrons. The zero-order valence-corrected chi connectivity index (χ0v) is 21.7. The van der Waals surface area contributed by atoms with Gasteiger partial charge in [0, 0.05) is 44.3 Å². The summed E-state index contributed by atoms with van der Waals surface area (Å²) in [7, 11) is 1.80. The van der Waals surface area contributed by atoms with Crippen molar-refractivity contribution in [3.05, 3.63) is 17.7 Å². The molecule has 2 heterocycles. The lowest BCUT2D eigenvalue weighted by molar-refractivity contribution is -0.115. The van der Waals surface area contributed by atoms with Gasteiger partial charge in [0.15, 0.2) is 0 Å². The maximum atomic E-state index is 12.9. The first-order chi connectivity index (χ1) is 17.1. The molecule has 3 aliphatic rings. The van der Waals surface area contributed by atoms with Gasteiger partial charge in [-0.1, -0.05) is 51.4 Å². The second-order valence-corrected chi connectivity index (χ2v) is 11.0. The molecule has 1 amide bonds. The summed E-state index contributed by atoms with van der Waals surface area (Å²) in [4.78, 5) is 20.2. The topological polar surface area (TPSA) is 93.1 Å². The first kappa shape index (κ1) is 25.9. The number of pyridine rings is 1. The van der Waals surface area contributed by atoms with Gasteiger partial charge in [-0.05, 0) is 56.6 Å². The minimum Gasteiger partial charge on any atom is -0.373 e. The van der Waals surface area contributed by atoms with Gasteiger partial charge in [-0.15, -0.1) is 0 Å². The molecule has 7 nitrogen and oxygen atoms in total. The first-order valence-corrected chi connectivity index (χ1v) is 14.2. The number of likely N-dealkylation sites (tertiary alicyclic amines) is 1. The molecule has 1 aliphatic heterocycles. The summed E-state index contributed by atoms with van der Waals surface area (Å²) in [5, 5.41) is 18.4. The van der Waals surface area contributed by atoms with E-state index in [0.717, 1.165) is 37.7 Å². The van der Waals surface area contributed by atoms with Crippen molar-refractivity contribution in [2.75, 3.05) is 37.3 Å². The van der Waals surface area contributed by atoms with Gasteiger partial charge in [-0.3, -0.25) is 10.2 Å². The smallest absolute Gasteiger partial charge is 0.270 e. The molecule has 0 spiro atoms. The van der Waals surface area contributed by atoms with E-state index in [2.05, 4.69) is 20.9 Å². The van der Waals surface area contributed by atoms with Crippen LogP contribution in [0.2, 0.25) is 0 Å². The van der Waals surface area contributed by atoms with Crippen LogP contribution in [0.15, 0.2) is 12.1 Å². The van der Waals surface area contributed by atoms with Crippen molar-refractivity contribution in [2.24, 2.45) is 5.92 Å². The van der Waals surface area contributed by atoms with Crippen LogP contribution in [0.1, 0.15) is 95.5 Å². The molecule has 7 heteroatoms. The van der Waals surface area contributed by atoms with Crippen LogP contribution >= 0.6 is 0 Å². The number of nitrogens with zero attached hydrogens (tertiary/aromatic N) is 2. The summed E-state index contributed by atoms with van der Waals surface area (Å²) in [5.41, 5.74) is 0.548. The molecule has 0 atom stereocenters. The Morgan fingerprint density at radius 2 is 1.54 bits per heavy atom. The van der Waals surface area contributed by atoms with E-state index in [1.165, 1.54) is 83.6 Å². The number of carbonyl (C=O) groups excluding carboxylic acids is 1. The number of rotatable bonds is 8. The van der Waals surface area contributed by atoms with Crippen LogP contribution in [0.4, 0.5) is 11.6 Å². The van der Waals surface area contributed by atoms with E-state index in [-0.39, 0.29) is 17.7 Å². The average Bonchev–Trinajstić information content (AvgIpc) is 2.87. The Hall–Kier alpha value is -2.15. The molecule has 2 aliphatic carbocycles. The minimum absolute atomic E-state index is 0.0102. The highest BCUT2D eigenvalue weighted by Gasteiger charge is 2.26. The standard InChI is InChI=1S/C28H46N6O/c1-30-27-24(14-15-25(33-27)31-22-12-8-3-2-4-9-13-22)26(29)28(35)32-23-16-18-34(19-17-23)20-21-10-6-5-7-11-21/h14-15,21-23,29H,2-13,16-20H2,1H3,(H,32,35)(H2,30,31,33). The Morgan fingerprint density at radius 1 is 0.914 bits per heavy atom. The predicted molar refractivity (Wildman–Crippen MR) is 145 cm³/mol. The molecule has 2 saturated carbocycles. The number of piperidine rings is 1. The van der Waals surface area contributed by atoms with Crippen LogP contribution in [-0.4, -0.2) is 60.3 Å². The van der Waals surface area contributed by atoms with Crippen molar-refractivity contribution in [1.82, 2.24) is 15.2 Å². The number of amides is 1. The van der Waals surface area contributed by atoms with Crippen LogP contribution in [-0.2, 0) is 4.79 Å². The van der Waals surface area contributed by atoms with Gasteiger partial charge in [0.2, 0.25) is 0 Å². The SMILES string of the molecule is CNc1nc(NC2CCCCCCC2)ccc1C(=N)C(=O)NC1CCN(CC2CCCCC2)CC1. The highest BCUT2D eigenvalue weighted by Crippen LogP contribution is 2.26. The summed E-state index contributed by atoms with van der Waals surface area (Å²) < 4.78 is 0. The van der Waals surface area contributed by atoms with Crippen LogP contribution in [0, 0.1) is 11.3 Å². The lowest BCUT2D eigenvalue weighted by Gasteiger charge is -2.35. The van der Waals surface area contributed by atoms with Gasteiger partial charge in [-0.25, -0.2) is 4.98 Å². The fourth-order valence-electron chi connectivity index (χ4n) is 6.12. The van der Waals surface area contributed by atoms with Crippen molar-refractivity contribution in [3.63, 3.8) is 0 Å². The molecule has 0 aromatic carbocycles. The van der Waals surface area contributed by atoms with Crippen molar-refractivity contribution in [2.45, 2.75) is 102 Å². The second-order valence-electron chi connectivity index (χ2n) is 11.0. The molecule has 1 aromatic rings. The Bertz CT molecular complexity index is 821. The van der Waals surface area contributed by atoms with Gasteiger partial charge < -0.3 is 20.9 Å². The van der Waals surface area contributed by atoms with Crippen molar-refractivity contribution in [1.29, 1.82) is 5.41 Å². The van der Waals surface area contributed by atoms with Crippen molar-refractivity contribution in [3.8, 4) is 0 Å². The third kappa shape index (κ3) is 7.66. The number of carbonyl (C=O) groups is 1. The highest BCUT2D eigenvalue weighted by atomic mass is 16.1. The van der Waals surface area contributed by atoms with Gasteiger partial charge >= 0.3 is 0 Å². The molecule has 4 rings (SSSR count). The lowest BCUT2D eigenvalue weighted by atomic mass is 9.88. The fraction of sp³-hybridized carbons (Fsp3) is 0.750. The van der Waals surface area contributed by atoms with Gasteiger partial charge in [0.25, 0.3) is 5.91 Å². The minimum atomic E-state index is -0.297. The summed E-state index contributed by atoms with van der Waals surface area (Å²) in [6.45, 7) is 3.30. The molecular formula is C28H46N6O. The molecule has 4 N–H and O–H groups in total. The Morgan fingerprint density at radius 3 is 2.23 bits per heavy atom. The fourth-order valence-corrected chi connectivity index (χ4v) is 6.12. The van der Waals surface area contributed by atoms with E-state index in [0.29, 0.717) is 17.4 Å². The Balaban J connectivity index is 1.27. The molecular weight excluding hydrogens is 436 g/mol. The molecule has 3 fully saturated rings. The van der Waals surface area contributed by atoms with Crippen LogP contribution in [0.25, 0.3) is 0 Å². The van der Waals surface area contributed by atoms with E-state index in [9.17, 15) is 4.79 Å². The van der Waals surface area contributed by atoms with E-state index in [1.807, 2.05) is 12.1 Å². The average molecular weight is 483 g/mol. The van der Waals surface area contributed by atoms with Crippen LogP contribution in [0.5, 0.6) is 0 Å². The van der Waals surface area contributed by atoms with Gasteiger partial charge in [0.05, 0.1) is 0 Å². The number of hydrogen-bond acceptors (Lipinski definition) is 6. The summed E-state index contributed by atoms with van der Waals surface area (Å²) in [6.07, 6.45) is 17.7. The Kier molecular flexibility index (Phi) is 9.81. The van der Waals surface area contributed by atoms with Crippen LogP contribution < -0.4 is 16.0 Å². The third-order valence-electron chi connectivity index (χ3n) is 8.25. The van der Waals surface area contributed by atoms with Crippen molar-refractivity contribution < 1.29 is 4.79 Å². The number of aromatic nitrogens is 1. The summed E-state index contributed by atoms with van der Waals surface area (Å²) in [5.74, 6) is 1.97. The highest BCUT2D eigenvalue weighted by molar-refractivity contribution is 6.45. The number of hydrogen-bond donors (Lipinski definition) is 4. The lowest BCUT2D eigenvalue weighted by Crippen LogP contribution is -2.47. The van der Waals surface area contributed by atoms with Gasteiger partial charge in [0.1, 0.15) is 17.3 Å². The van der Waals surface area contributed by atoms with E-state index >= 15 is 0 Å². The molecule has 35 heavy (non-hydrogen) atoms.